The van der Waals surface area contributed by atoms with Crippen molar-refractivity contribution >= 4 is 28.7 Å². The maximum absolute atomic E-state index is 11.8. The van der Waals surface area contributed by atoms with Crippen LogP contribution in [0.1, 0.15) is 16.3 Å². The zero-order valence-electron chi connectivity index (χ0n) is 9.44. The number of aromatic nitrogens is 1. The van der Waals surface area contributed by atoms with Gasteiger partial charge in [-0.15, -0.1) is 11.3 Å². The first kappa shape index (κ1) is 12.3. The van der Waals surface area contributed by atoms with Gasteiger partial charge in [0.25, 0.3) is 0 Å². The van der Waals surface area contributed by atoms with Gasteiger partial charge in [0.2, 0.25) is 0 Å². The fourth-order valence-electron chi connectivity index (χ4n) is 1.63. The molecule has 0 saturated heterocycles. The number of thiazole rings is 1. The van der Waals surface area contributed by atoms with Crippen molar-refractivity contribution in [3.8, 4) is 0 Å². The first-order valence-electron chi connectivity index (χ1n) is 5.30. The van der Waals surface area contributed by atoms with Crippen molar-refractivity contribution in [2.24, 2.45) is 0 Å². The van der Waals surface area contributed by atoms with Crippen molar-refractivity contribution in [3.63, 3.8) is 0 Å². The smallest absolute Gasteiger partial charge is 0.143 e. The summed E-state index contributed by atoms with van der Waals surface area (Å²) < 4.78 is 0. The molecule has 0 unspecified atom stereocenters. The second-order valence-corrected chi connectivity index (χ2v) is 5.38. The molecule has 2 nitrogen and oxygen atoms in total. The van der Waals surface area contributed by atoms with Gasteiger partial charge in [-0.2, -0.15) is 0 Å². The van der Waals surface area contributed by atoms with Crippen LogP contribution in [0.3, 0.4) is 0 Å². The Labute approximate surface area is 109 Å². The monoisotopic (exact) mass is 265 g/mol. The minimum absolute atomic E-state index is 0.164. The van der Waals surface area contributed by atoms with Crippen LogP contribution >= 0.6 is 22.9 Å². The Morgan fingerprint density at radius 1 is 1.41 bits per heavy atom. The molecule has 0 radical (unpaired) electrons. The first-order chi connectivity index (χ1) is 8.13. The van der Waals surface area contributed by atoms with Gasteiger partial charge in [0.15, 0.2) is 0 Å². The molecule has 1 heterocycles. The third kappa shape index (κ3) is 3.65. The van der Waals surface area contributed by atoms with Crippen LogP contribution in [0.25, 0.3) is 0 Å². The molecular weight excluding hydrogens is 254 g/mol. The Balaban J connectivity index is 1.98. The van der Waals surface area contributed by atoms with Gasteiger partial charge < -0.3 is 0 Å². The number of benzene rings is 1. The summed E-state index contributed by atoms with van der Waals surface area (Å²) in [6.45, 7) is 1.94. The zero-order chi connectivity index (χ0) is 12.3. The van der Waals surface area contributed by atoms with E-state index in [1.165, 1.54) is 0 Å². The molecule has 4 heteroatoms. The lowest BCUT2D eigenvalue weighted by atomic mass is 10.1. The predicted molar refractivity (Wildman–Crippen MR) is 70.7 cm³/mol. The van der Waals surface area contributed by atoms with Crippen molar-refractivity contribution in [2.75, 3.05) is 0 Å². The van der Waals surface area contributed by atoms with Crippen LogP contribution in [0.5, 0.6) is 0 Å². The molecule has 0 bridgehead atoms. The van der Waals surface area contributed by atoms with E-state index in [1.807, 2.05) is 30.5 Å². The van der Waals surface area contributed by atoms with Crippen LogP contribution < -0.4 is 0 Å². The van der Waals surface area contributed by atoms with E-state index in [0.717, 1.165) is 16.3 Å². The summed E-state index contributed by atoms with van der Waals surface area (Å²) >= 11 is 7.44. The third-order valence-corrected chi connectivity index (χ3v) is 3.39. The van der Waals surface area contributed by atoms with E-state index in [4.69, 9.17) is 11.6 Å². The number of hydrogen-bond donors (Lipinski definition) is 0. The normalized spacial score (nSPS) is 10.5. The highest BCUT2D eigenvalue weighted by Crippen LogP contribution is 2.13. The van der Waals surface area contributed by atoms with Crippen molar-refractivity contribution in [1.29, 1.82) is 0 Å². The van der Waals surface area contributed by atoms with Crippen molar-refractivity contribution < 1.29 is 4.79 Å². The maximum atomic E-state index is 11.8. The van der Waals surface area contributed by atoms with Gasteiger partial charge >= 0.3 is 0 Å². The Hall–Kier alpha value is -1.19. The molecule has 0 atom stereocenters. The standard InChI is InChI=1S/C13H12ClNOS/c1-9-15-12(8-17-9)7-13(16)6-10-3-2-4-11(14)5-10/h2-5,8H,6-7H2,1H3. The number of ketones is 1. The van der Waals surface area contributed by atoms with Gasteiger partial charge in [0.1, 0.15) is 5.78 Å². The first-order valence-corrected chi connectivity index (χ1v) is 6.56. The van der Waals surface area contributed by atoms with E-state index in [2.05, 4.69) is 4.98 Å². The lowest BCUT2D eigenvalue weighted by molar-refractivity contribution is -0.117. The van der Waals surface area contributed by atoms with Crippen LogP contribution in [0.2, 0.25) is 5.02 Å². The molecular formula is C13H12ClNOS. The minimum Gasteiger partial charge on any atom is -0.299 e. The van der Waals surface area contributed by atoms with E-state index < -0.39 is 0 Å². The van der Waals surface area contributed by atoms with E-state index in [9.17, 15) is 4.79 Å². The minimum atomic E-state index is 0.164. The van der Waals surface area contributed by atoms with Gasteiger partial charge in [-0.1, -0.05) is 23.7 Å². The number of hydrogen-bond acceptors (Lipinski definition) is 3. The number of nitrogens with zero attached hydrogens (tertiary/aromatic N) is 1. The second-order valence-electron chi connectivity index (χ2n) is 3.88. The van der Waals surface area contributed by atoms with Crippen LogP contribution in [0.4, 0.5) is 0 Å². The van der Waals surface area contributed by atoms with Crippen LogP contribution in [-0.2, 0) is 17.6 Å². The molecule has 1 aromatic carbocycles. The molecule has 0 fully saturated rings. The van der Waals surface area contributed by atoms with Gasteiger partial charge in [-0.25, -0.2) is 4.98 Å². The Bertz CT molecular complexity index is 536. The summed E-state index contributed by atoms with van der Waals surface area (Å²) in [4.78, 5) is 16.1. The lowest BCUT2D eigenvalue weighted by Gasteiger charge is -2.00. The number of Topliss-reactive ketones (excluding diaryl/α,β-unsaturated/α-hetero) is 1. The van der Waals surface area contributed by atoms with Gasteiger partial charge in [0, 0.05) is 23.2 Å². The molecule has 0 aliphatic carbocycles. The fraction of sp³-hybridized carbons (Fsp3) is 0.231. The van der Waals surface area contributed by atoms with E-state index in [-0.39, 0.29) is 5.78 Å². The molecule has 2 rings (SSSR count). The fourth-order valence-corrected chi connectivity index (χ4v) is 2.45. The molecule has 1 aromatic heterocycles. The molecule has 0 aliphatic heterocycles. The van der Waals surface area contributed by atoms with Crippen molar-refractivity contribution in [2.45, 2.75) is 19.8 Å². The highest BCUT2D eigenvalue weighted by atomic mass is 35.5. The Morgan fingerprint density at radius 3 is 2.88 bits per heavy atom. The molecule has 0 N–H and O–H groups in total. The SMILES string of the molecule is Cc1nc(CC(=O)Cc2cccc(Cl)c2)cs1. The van der Waals surface area contributed by atoms with Crippen molar-refractivity contribution in [3.05, 3.63) is 50.9 Å². The van der Waals surface area contributed by atoms with Gasteiger partial charge in [-0.3, -0.25) is 4.79 Å². The Morgan fingerprint density at radius 2 is 2.24 bits per heavy atom. The second kappa shape index (κ2) is 5.43. The molecule has 0 saturated carbocycles. The average Bonchev–Trinajstić information content (AvgIpc) is 2.63. The highest BCUT2D eigenvalue weighted by molar-refractivity contribution is 7.09. The summed E-state index contributed by atoms with van der Waals surface area (Å²) in [6, 6.07) is 7.40. The summed E-state index contributed by atoms with van der Waals surface area (Å²) in [5.41, 5.74) is 1.81. The van der Waals surface area contributed by atoms with Crippen LogP contribution in [0, 0.1) is 6.92 Å². The number of carbonyl (C=O) groups is 1. The summed E-state index contributed by atoms with van der Waals surface area (Å²) in [5.74, 6) is 0.164. The number of rotatable bonds is 4. The van der Waals surface area contributed by atoms with E-state index in [1.54, 1.807) is 17.4 Å². The van der Waals surface area contributed by atoms with Gasteiger partial charge in [-0.05, 0) is 24.6 Å². The predicted octanol–water partition coefficient (Wildman–Crippen LogP) is 3.46. The quantitative estimate of drug-likeness (QED) is 0.847. The molecule has 17 heavy (non-hydrogen) atoms. The summed E-state index contributed by atoms with van der Waals surface area (Å²) in [7, 11) is 0. The third-order valence-electron chi connectivity index (χ3n) is 2.34. The van der Waals surface area contributed by atoms with Gasteiger partial charge in [0.05, 0.1) is 10.7 Å². The topological polar surface area (TPSA) is 30.0 Å². The zero-order valence-corrected chi connectivity index (χ0v) is 11.0. The summed E-state index contributed by atoms with van der Waals surface area (Å²) in [5, 5.41) is 3.60. The van der Waals surface area contributed by atoms with Crippen molar-refractivity contribution in [1.82, 2.24) is 4.98 Å². The van der Waals surface area contributed by atoms with E-state index in [0.29, 0.717) is 17.9 Å². The lowest BCUT2D eigenvalue weighted by Crippen LogP contribution is -2.06. The summed E-state index contributed by atoms with van der Waals surface area (Å²) in [6.07, 6.45) is 0.813. The highest BCUT2D eigenvalue weighted by Gasteiger charge is 2.07. The number of carbonyl (C=O) groups excluding carboxylic acids is 1. The molecule has 0 aliphatic rings. The largest absolute Gasteiger partial charge is 0.299 e. The van der Waals surface area contributed by atoms with E-state index >= 15 is 0 Å². The number of aryl methyl sites for hydroxylation is 1. The molecule has 0 amide bonds. The average molecular weight is 266 g/mol. The maximum Gasteiger partial charge on any atom is 0.143 e. The van der Waals surface area contributed by atoms with Crippen LogP contribution in [0.15, 0.2) is 29.6 Å². The number of halogens is 1. The molecule has 2 aromatic rings. The van der Waals surface area contributed by atoms with Crippen LogP contribution in [-0.4, -0.2) is 10.8 Å². The molecule has 0 spiro atoms. The Kier molecular flexibility index (Phi) is 3.92. The molecule has 88 valence electrons.